The summed E-state index contributed by atoms with van der Waals surface area (Å²) in [5.74, 6) is -0.0162. The quantitative estimate of drug-likeness (QED) is 0.765. The third kappa shape index (κ3) is 4.51. The molecule has 1 aromatic heterocycles. The van der Waals surface area contributed by atoms with E-state index in [2.05, 4.69) is 17.2 Å². The van der Waals surface area contributed by atoms with Gasteiger partial charge in [-0.05, 0) is 30.2 Å². The van der Waals surface area contributed by atoms with Gasteiger partial charge in [0.1, 0.15) is 11.9 Å². The number of carbonyl (C=O) groups is 1. The monoisotopic (exact) mass is 370 g/mol. The van der Waals surface area contributed by atoms with E-state index in [4.69, 9.17) is 14.6 Å². The molecule has 0 saturated carbocycles. The highest BCUT2D eigenvalue weighted by atomic mass is 16.5. The van der Waals surface area contributed by atoms with Crippen molar-refractivity contribution in [3.05, 3.63) is 36.5 Å². The fraction of sp³-hybridized carbons (Fsp3) is 0.429. The lowest BCUT2D eigenvalue weighted by atomic mass is 9.97. The highest BCUT2D eigenvalue weighted by molar-refractivity contribution is 5.71. The van der Waals surface area contributed by atoms with Crippen LogP contribution in [0.15, 0.2) is 36.5 Å². The van der Waals surface area contributed by atoms with Crippen molar-refractivity contribution < 1.29 is 19.4 Å². The molecule has 0 radical (unpaired) electrons. The molecular weight excluding hydrogens is 344 g/mol. The van der Waals surface area contributed by atoms with Crippen LogP contribution in [0.4, 0.5) is 5.69 Å². The first-order valence-electron chi connectivity index (χ1n) is 9.34. The van der Waals surface area contributed by atoms with Crippen LogP contribution in [0.1, 0.15) is 27.2 Å². The number of hydrogen-bond donors (Lipinski definition) is 2. The second kappa shape index (κ2) is 8.29. The fourth-order valence-corrected chi connectivity index (χ4v) is 2.86. The summed E-state index contributed by atoms with van der Waals surface area (Å²) < 4.78 is 11.7. The zero-order chi connectivity index (χ0) is 19.4. The number of rotatable bonds is 7. The molecule has 1 aliphatic heterocycles. The Hall–Kier alpha value is -2.76. The lowest BCUT2D eigenvalue weighted by molar-refractivity contribution is -0.143. The van der Waals surface area contributed by atoms with Crippen molar-refractivity contribution in [3.63, 3.8) is 0 Å². The van der Waals surface area contributed by atoms with E-state index in [-0.39, 0.29) is 12.0 Å². The average Bonchev–Trinajstić information content (AvgIpc) is 2.70. The van der Waals surface area contributed by atoms with Crippen molar-refractivity contribution in [3.8, 4) is 22.8 Å². The van der Waals surface area contributed by atoms with Gasteiger partial charge in [0.05, 0.1) is 24.8 Å². The number of aliphatic carboxylic acids is 1. The molecule has 0 fully saturated rings. The van der Waals surface area contributed by atoms with E-state index in [9.17, 15) is 4.79 Å². The van der Waals surface area contributed by atoms with E-state index in [1.165, 1.54) is 0 Å². The minimum atomic E-state index is -0.816. The lowest BCUT2D eigenvalue weighted by Gasteiger charge is -2.27. The highest BCUT2D eigenvalue weighted by Gasteiger charge is 2.20. The Morgan fingerprint density at radius 1 is 1.33 bits per heavy atom. The first-order chi connectivity index (χ1) is 13.0. The Bertz CT molecular complexity index is 791. The Kier molecular flexibility index (Phi) is 5.84. The summed E-state index contributed by atoms with van der Waals surface area (Å²) in [4.78, 5) is 15.4. The smallest absolute Gasteiger partial charge is 0.306 e. The molecule has 6 heteroatoms. The molecule has 2 aromatic rings. The zero-order valence-corrected chi connectivity index (χ0v) is 15.9. The molecule has 2 heterocycles. The van der Waals surface area contributed by atoms with Crippen LogP contribution in [0, 0.1) is 11.8 Å². The van der Waals surface area contributed by atoms with E-state index in [1.54, 1.807) is 19.2 Å². The maximum absolute atomic E-state index is 11.0. The normalized spacial score (nSPS) is 17.8. The Labute approximate surface area is 159 Å². The van der Waals surface area contributed by atoms with Crippen molar-refractivity contribution in [1.29, 1.82) is 0 Å². The van der Waals surface area contributed by atoms with Gasteiger partial charge in [0.15, 0.2) is 0 Å². The van der Waals surface area contributed by atoms with E-state index < -0.39 is 11.9 Å². The maximum atomic E-state index is 11.0. The van der Waals surface area contributed by atoms with Gasteiger partial charge in [0.2, 0.25) is 5.88 Å². The molecule has 144 valence electrons. The minimum absolute atomic E-state index is 0.0965. The number of anilines is 1. The number of nitrogens with one attached hydrogen (secondary N) is 1. The van der Waals surface area contributed by atoms with Gasteiger partial charge < -0.3 is 19.9 Å². The van der Waals surface area contributed by atoms with Crippen molar-refractivity contribution >= 4 is 11.7 Å². The largest absolute Gasteiger partial charge is 0.486 e. The zero-order valence-electron chi connectivity index (χ0n) is 15.9. The molecule has 3 atom stereocenters. The standard InChI is InChI=1S/C21H26N2O4/c1-4-17-11-22-18-7-5-15(9-19(18)27-17)16-6-8-20(23-10-16)26-12-13(2)14(3)21(24)25/h5-10,13-14,17,22H,4,11-12H2,1-3H3,(H,24,25). The molecular formula is C21H26N2O4. The van der Waals surface area contributed by atoms with Crippen LogP contribution < -0.4 is 14.8 Å². The summed E-state index contributed by atoms with van der Waals surface area (Å²) in [7, 11) is 0. The summed E-state index contributed by atoms with van der Waals surface area (Å²) in [5, 5.41) is 12.4. The number of ether oxygens (including phenoxy) is 2. The third-order valence-electron chi connectivity index (χ3n) is 5.06. The predicted molar refractivity (Wildman–Crippen MR) is 104 cm³/mol. The maximum Gasteiger partial charge on any atom is 0.306 e. The summed E-state index contributed by atoms with van der Waals surface area (Å²) >= 11 is 0. The van der Waals surface area contributed by atoms with E-state index >= 15 is 0 Å². The van der Waals surface area contributed by atoms with Crippen LogP contribution in [-0.4, -0.2) is 35.3 Å². The Morgan fingerprint density at radius 3 is 2.78 bits per heavy atom. The molecule has 6 nitrogen and oxygen atoms in total. The first kappa shape index (κ1) is 19.0. The number of hydrogen-bond acceptors (Lipinski definition) is 5. The van der Waals surface area contributed by atoms with Gasteiger partial charge >= 0.3 is 5.97 Å². The van der Waals surface area contributed by atoms with E-state index in [1.807, 2.05) is 31.2 Å². The van der Waals surface area contributed by atoms with Crippen LogP contribution in [0.2, 0.25) is 0 Å². The van der Waals surface area contributed by atoms with Gasteiger partial charge in [-0.2, -0.15) is 0 Å². The summed E-state index contributed by atoms with van der Waals surface area (Å²) in [5.41, 5.74) is 3.01. The number of carboxylic acid groups (broad SMARTS) is 1. The second-order valence-corrected chi connectivity index (χ2v) is 7.04. The van der Waals surface area contributed by atoms with Gasteiger partial charge in [0, 0.05) is 23.7 Å². The van der Waals surface area contributed by atoms with Gasteiger partial charge in [-0.3, -0.25) is 4.79 Å². The van der Waals surface area contributed by atoms with Crippen molar-refractivity contribution in [2.45, 2.75) is 33.3 Å². The van der Waals surface area contributed by atoms with Crippen LogP contribution in [0.5, 0.6) is 11.6 Å². The third-order valence-corrected chi connectivity index (χ3v) is 5.06. The van der Waals surface area contributed by atoms with Crippen molar-refractivity contribution in [1.82, 2.24) is 4.98 Å². The minimum Gasteiger partial charge on any atom is -0.486 e. The molecule has 27 heavy (non-hydrogen) atoms. The SMILES string of the molecule is CCC1CNc2ccc(-c3ccc(OCC(C)C(C)C(=O)O)nc3)cc2O1. The number of aromatic nitrogens is 1. The number of benzene rings is 1. The summed E-state index contributed by atoms with van der Waals surface area (Å²) in [6, 6.07) is 9.84. The van der Waals surface area contributed by atoms with E-state index in [0.29, 0.717) is 12.5 Å². The summed E-state index contributed by atoms with van der Waals surface area (Å²) in [6.07, 6.45) is 2.91. The van der Waals surface area contributed by atoms with Crippen molar-refractivity contribution in [2.75, 3.05) is 18.5 Å². The lowest BCUT2D eigenvalue weighted by Crippen LogP contribution is -2.29. The molecule has 0 amide bonds. The molecule has 3 unspecified atom stereocenters. The fourth-order valence-electron chi connectivity index (χ4n) is 2.86. The molecule has 2 N–H and O–H groups in total. The summed E-state index contributed by atoms with van der Waals surface area (Å²) in [6.45, 7) is 6.80. The first-order valence-corrected chi connectivity index (χ1v) is 9.34. The Balaban J connectivity index is 1.66. The Morgan fingerprint density at radius 2 is 2.11 bits per heavy atom. The molecule has 0 spiro atoms. The van der Waals surface area contributed by atoms with Crippen LogP contribution in [0.3, 0.4) is 0 Å². The topological polar surface area (TPSA) is 80.7 Å². The van der Waals surface area contributed by atoms with Gasteiger partial charge in [-0.1, -0.05) is 26.8 Å². The number of nitrogens with zero attached hydrogens (tertiary/aromatic N) is 1. The number of fused-ring (bicyclic) bond motifs is 1. The molecule has 3 rings (SSSR count). The predicted octanol–water partition coefficient (Wildman–Crippen LogP) is 4.07. The molecule has 1 aromatic carbocycles. The van der Waals surface area contributed by atoms with Crippen LogP contribution >= 0.6 is 0 Å². The second-order valence-electron chi connectivity index (χ2n) is 7.04. The van der Waals surface area contributed by atoms with Gasteiger partial charge in [-0.15, -0.1) is 0 Å². The van der Waals surface area contributed by atoms with Crippen LogP contribution in [-0.2, 0) is 4.79 Å². The number of carboxylic acids is 1. The number of pyridine rings is 1. The van der Waals surface area contributed by atoms with Gasteiger partial charge in [0.25, 0.3) is 0 Å². The van der Waals surface area contributed by atoms with Crippen LogP contribution in [0.25, 0.3) is 11.1 Å². The van der Waals surface area contributed by atoms with Gasteiger partial charge in [-0.25, -0.2) is 4.98 Å². The highest BCUT2D eigenvalue weighted by Crippen LogP contribution is 2.34. The average molecular weight is 370 g/mol. The van der Waals surface area contributed by atoms with Crippen molar-refractivity contribution in [2.24, 2.45) is 11.8 Å². The molecule has 0 saturated heterocycles. The molecule has 0 bridgehead atoms. The molecule has 1 aliphatic rings. The molecule has 0 aliphatic carbocycles. The van der Waals surface area contributed by atoms with E-state index in [0.717, 1.165) is 35.5 Å².